The van der Waals surface area contributed by atoms with Crippen molar-refractivity contribution in [3.05, 3.63) is 59.2 Å². The molecule has 0 saturated heterocycles. The first kappa shape index (κ1) is 23.7. The average Bonchev–Trinajstić information content (AvgIpc) is 2.66. The zero-order valence-electron chi connectivity index (χ0n) is 17.2. The lowest BCUT2D eigenvalue weighted by molar-refractivity contribution is -0.137. The van der Waals surface area contributed by atoms with Crippen LogP contribution >= 0.6 is 0 Å². The SMILES string of the molecule is CCc1cccc(CC)c1NC(=O)C(C)N(c1cccc(C(F)(F)F)c1)S(C)(=O)=O. The Balaban J connectivity index is 2.45. The zero-order chi connectivity index (χ0) is 22.7. The molecule has 5 nitrogen and oxygen atoms in total. The van der Waals surface area contributed by atoms with E-state index in [0.29, 0.717) is 22.8 Å². The van der Waals surface area contributed by atoms with Crippen LogP contribution in [0, 0.1) is 0 Å². The molecule has 2 aromatic rings. The molecule has 0 saturated carbocycles. The van der Waals surface area contributed by atoms with Crippen molar-refractivity contribution in [1.82, 2.24) is 0 Å². The van der Waals surface area contributed by atoms with Crippen LogP contribution in [0.5, 0.6) is 0 Å². The van der Waals surface area contributed by atoms with Crippen molar-refractivity contribution in [1.29, 1.82) is 0 Å². The van der Waals surface area contributed by atoms with Gasteiger partial charge in [0.05, 0.1) is 17.5 Å². The molecule has 0 bridgehead atoms. The minimum Gasteiger partial charge on any atom is -0.324 e. The third-order valence-corrected chi connectivity index (χ3v) is 6.01. The molecule has 0 fully saturated rings. The largest absolute Gasteiger partial charge is 0.416 e. The highest BCUT2D eigenvalue weighted by Crippen LogP contribution is 2.33. The summed E-state index contributed by atoms with van der Waals surface area (Å²) in [5.74, 6) is -0.631. The second-order valence-corrected chi connectivity index (χ2v) is 8.79. The summed E-state index contributed by atoms with van der Waals surface area (Å²) in [6, 6.07) is 8.25. The molecule has 0 aliphatic carbocycles. The van der Waals surface area contributed by atoms with E-state index in [1.807, 2.05) is 32.0 Å². The highest BCUT2D eigenvalue weighted by atomic mass is 32.2. The molecule has 1 N–H and O–H groups in total. The van der Waals surface area contributed by atoms with Crippen LogP contribution in [-0.2, 0) is 33.8 Å². The van der Waals surface area contributed by atoms with E-state index in [4.69, 9.17) is 0 Å². The van der Waals surface area contributed by atoms with Gasteiger partial charge in [0.2, 0.25) is 15.9 Å². The molecule has 0 heterocycles. The number of para-hydroxylation sites is 1. The molecular formula is C21H25F3N2O3S. The van der Waals surface area contributed by atoms with Gasteiger partial charge in [-0.2, -0.15) is 13.2 Å². The van der Waals surface area contributed by atoms with E-state index in [-0.39, 0.29) is 5.69 Å². The Labute approximate surface area is 175 Å². The average molecular weight is 443 g/mol. The highest BCUT2D eigenvalue weighted by molar-refractivity contribution is 7.92. The lowest BCUT2D eigenvalue weighted by Gasteiger charge is -2.29. The Kier molecular flexibility index (Phi) is 7.18. The lowest BCUT2D eigenvalue weighted by atomic mass is 10.0. The van der Waals surface area contributed by atoms with Crippen LogP contribution in [0.1, 0.15) is 37.5 Å². The van der Waals surface area contributed by atoms with E-state index in [1.54, 1.807) is 0 Å². The predicted molar refractivity (Wildman–Crippen MR) is 112 cm³/mol. The molecule has 1 unspecified atom stereocenters. The van der Waals surface area contributed by atoms with Gasteiger partial charge in [-0.25, -0.2) is 8.42 Å². The smallest absolute Gasteiger partial charge is 0.324 e. The standard InChI is InChI=1S/C21H25F3N2O3S/c1-5-15-9-7-10-16(6-2)19(15)25-20(27)14(3)26(30(4,28)29)18-12-8-11-17(13-18)21(22,23)24/h7-14H,5-6H2,1-4H3,(H,25,27). The number of hydrogen-bond donors (Lipinski definition) is 1. The molecule has 0 aliphatic rings. The second kappa shape index (κ2) is 9.07. The van der Waals surface area contributed by atoms with Crippen molar-refractivity contribution in [2.24, 2.45) is 0 Å². The van der Waals surface area contributed by atoms with Gasteiger partial charge < -0.3 is 5.32 Å². The van der Waals surface area contributed by atoms with E-state index in [2.05, 4.69) is 5.32 Å². The number of hydrogen-bond acceptors (Lipinski definition) is 3. The minimum absolute atomic E-state index is 0.227. The van der Waals surface area contributed by atoms with Crippen molar-refractivity contribution in [3.63, 3.8) is 0 Å². The predicted octanol–water partition coefficient (Wildman–Crippen LogP) is 4.62. The van der Waals surface area contributed by atoms with Crippen LogP contribution in [0.15, 0.2) is 42.5 Å². The second-order valence-electron chi connectivity index (χ2n) is 6.93. The fourth-order valence-corrected chi connectivity index (χ4v) is 4.43. The molecule has 30 heavy (non-hydrogen) atoms. The first-order chi connectivity index (χ1) is 13.9. The van der Waals surface area contributed by atoms with Gasteiger partial charge in [-0.3, -0.25) is 9.10 Å². The molecule has 0 spiro atoms. The molecule has 2 rings (SSSR count). The number of amides is 1. The van der Waals surface area contributed by atoms with E-state index in [9.17, 15) is 26.4 Å². The Morgan fingerprint density at radius 3 is 2.07 bits per heavy atom. The van der Waals surface area contributed by atoms with Gasteiger partial charge in [-0.15, -0.1) is 0 Å². The monoisotopic (exact) mass is 442 g/mol. The van der Waals surface area contributed by atoms with Gasteiger partial charge in [0.15, 0.2) is 0 Å². The van der Waals surface area contributed by atoms with Gasteiger partial charge in [0, 0.05) is 5.69 Å². The maximum Gasteiger partial charge on any atom is 0.416 e. The van der Waals surface area contributed by atoms with Gasteiger partial charge in [0.1, 0.15) is 6.04 Å². The third kappa shape index (κ3) is 5.33. The number of anilines is 2. The van der Waals surface area contributed by atoms with Gasteiger partial charge >= 0.3 is 6.18 Å². The summed E-state index contributed by atoms with van der Waals surface area (Å²) in [6.45, 7) is 5.20. The summed E-state index contributed by atoms with van der Waals surface area (Å²) < 4.78 is 64.8. The molecular weight excluding hydrogens is 417 g/mol. The van der Waals surface area contributed by atoms with Gasteiger partial charge in [-0.1, -0.05) is 38.1 Å². The first-order valence-corrected chi connectivity index (χ1v) is 11.3. The maximum atomic E-state index is 13.1. The Bertz CT molecular complexity index is 998. The highest BCUT2D eigenvalue weighted by Gasteiger charge is 2.34. The van der Waals surface area contributed by atoms with E-state index in [0.717, 1.165) is 35.6 Å². The minimum atomic E-state index is -4.64. The van der Waals surface area contributed by atoms with Crippen molar-refractivity contribution < 1.29 is 26.4 Å². The molecule has 9 heteroatoms. The van der Waals surface area contributed by atoms with Crippen molar-refractivity contribution in [2.45, 2.75) is 45.8 Å². The molecule has 164 valence electrons. The molecule has 0 aromatic heterocycles. The third-order valence-electron chi connectivity index (χ3n) is 4.76. The summed E-state index contributed by atoms with van der Waals surface area (Å²) in [5, 5.41) is 2.78. The van der Waals surface area contributed by atoms with Crippen LogP contribution < -0.4 is 9.62 Å². The Hall–Kier alpha value is -2.55. The fourth-order valence-electron chi connectivity index (χ4n) is 3.26. The van der Waals surface area contributed by atoms with Gasteiger partial charge in [-0.05, 0) is 49.1 Å². The number of aryl methyl sites for hydroxylation is 2. The lowest BCUT2D eigenvalue weighted by Crippen LogP contribution is -2.45. The number of nitrogens with zero attached hydrogens (tertiary/aromatic N) is 1. The normalized spacial score (nSPS) is 13.0. The first-order valence-electron chi connectivity index (χ1n) is 9.48. The van der Waals surface area contributed by atoms with E-state index >= 15 is 0 Å². The molecule has 1 atom stereocenters. The number of sulfonamides is 1. The molecule has 0 aliphatic heterocycles. The van der Waals surface area contributed by atoms with Crippen LogP contribution in [-0.4, -0.2) is 26.6 Å². The van der Waals surface area contributed by atoms with Gasteiger partial charge in [0.25, 0.3) is 0 Å². The number of rotatable bonds is 7. The van der Waals surface area contributed by atoms with Crippen molar-refractivity contribution in [2.75, 3.05) is 15.9 Å². The number of nitrogens with one attached hydrogen (secondary N) is 1. The van der Waals surface area contributed by atoms with Crippen molar-refractivity contribution in [3.8, 4) is 0 Å². The number of carbonyl (C=O) groups is 1. The van der Waals surface area contributed by atoms with E-state index < -0.39 is 33.7 Å². The summed E-state index contributed by atoms with van der Waals surface area (Å²) in [4.78, 5) is 13.0. The number of halogens is 3. The summed E-state index contributed by atoms with van der Waals surface area (Å²) in [7, 11) is -4.04. The van der Waals surface area contributed by atoms with Crippen LogP contribution in [0.3, 0.4) is 0 Å². The van der Waals surface area contributed by atoms with Crippen LogP contribution in [0.25, 0.3) is 0 Å². The number of carbonyl (C=O) groups excluding carboxylic acids is 1. The fraction of sp³-hybridized carbons (Fsp3) is 0.381. The Morgan fingerprint density at radius 1 is 1.07 bits per heavy atom. The summed E-state index contributed by atoms with van der Waals surface area (Å²) in [6.07, 6.45) is -2.47. The number of alkyl halides is 3. The topological polar surface area (TPSA) is 66.5 Å². The zero-order valence-corrected chi connectivity index (χ0v) is 18.1. The maximum absolute atomic E-state index is 13.1. The molecule has 0 radical (unpaired) electrons. The Morgan fingerprint density at radius 2 is 1.60 bits per heavy atom. The quantitative estimate of drug-likeness (QED) is 0.680. The van der Waals surface area contributed by atoms with Crippen LogP contribution in [0.2, 0.25) is 0 Å². The summed E-state index contributed by atoms with van der Waals surface area (Å²) >= 11 is 0. The molecule has 2 aromatic carbocycles. The van der Waals surface area contributed by atoms with E-state index in [1.165, 1.54) is 13.0 Å². The van der Waals surface area contributed by atoms with Crippen molar-refractivity contribution >= 4 is 27.3 Å². The number of benzene rings is 2. The van der Waals surface area contributed by atoms with Crippen LogP contribution in [0.4, 0.5) is 24.5 Å². The molecule has 1 amide bonds. The summed E-state index contributed by atoms with van der Waals surface area (Å²) in [5.41, 5.74) is 1.16.